The fraction of sp³-hybridized carbons (Fsp3) is 0.529. The smallest absolute Gasteiger partial charge is 0.227 e. The minimum Gasteiger partial charge on any atom is -0.326 e. The van der Waals surface area contributed by atoms with Gasteiger partial charge in [-0.15, -0.1) is 0 Å². The van der Waals surface area contributed by atoms with Crippen LogP contribution in [0.4, 0.5) is 10.1 Å². The second-order valence-corrected chi connectivity index (χ2v) is 6.34. The predicted octanol–water partition coefficient (Wildman–Crippen LogP) is 3.47. The summed E-state index contributed by atoms with van der Waals surface area (Å²) in [6, 6.07) is 4.39. The largest absolute Gasteiger partial charge is 0.326 e. The minimum absolute atomic E-state index is 0.0573. The highest BCUT2D eigenvalue weighted by atomic mass is 19.1. The lowest BCUT2D eigenvalue weighted by Crippen LogP contribution is -2.40. The molecule has 112 valence electrons. The van der Waals surface area contributed by atoms with Crippen molar-refractivity contribution < 1.29 is 14.0 Å². The summed E-state index contributed by atoms with van der Waals surface area (Å²) in [6.07, 6.45) is 4.22. The fourth-order valence-corrected chi connectivity index (χ4v) is 3.66. The van der Waals surface area contributed by atoms with Crippen LogP contribution in [0.15, 0.2) is 18.2 Å². The number of hydrogen-bond donors (Lipinski definition) is 1. The first kappa shape index (κ1) is 14.2. The Balaban J connectivity index is 1.71. The van der Waals surface area contributed by atoms with Crippen molar-refractivity contribution in [3.63, 3.8) is 0 Å². The summed E-state index contributed by atoms with van der Waals surface area (Å²) in [6.45, 7) is 1.84. The van der Waals surface area contributed by atoms with E-state index in [0.29, 0.717) is 24.3 Å². The molecule has 3 nitrogen and oxygen atoms in total. The summed E-state index contributed by atoms with van der Waals surface area (Å²) in [7, 11) is 0. The van der Waals surface area contributed by atoms with E-state index in [-0.39, 0.29) is 29.5 Å². The molecule has 2 saturated carbocycles. The molecule has 1 aromatic rings. The van der Waals surface area contributed by atoms with E-state index >= 15 is 0 Å². The third-order valence-electron chi connectivity index (χ3n) is 4.88. The maximum atomic E-state index is 13.3. The van der Waals surface area contributed by atoms with Gasteiger partial charge < -0.3 is 5.32 Å². The average Bonchev–Trinajstić information content (AvgIpc) is 2.42. The van der Waals surface area contributed by atoms with Crippen molar-refractivity contribution in [1.29, 1.82) is 0 Å². The van der Waals surface area contributed by atoms with Crippen LogP contribution in [0.5, 0.6) is 0 Å². The third kappa shape index (κ3) is 2.85. The van der Waals surface area contributed by atoms with Gasteiger partial charge in [0.1, 0.15) is 11.6 Å². The number of fused-ring (bicyclic) bond motifs is 2. The van der Waals surface area contributed by atoms with E-state index in [2.05, 4.69) is 5.32 Å². The van der Waals surface area contributed by atoms with Crippen LogP contribution in [-0.4, -0.2) is 11.7 Å². The Morgan fingerprint density at radius 2 is 1.90 bits per heavy atom. The summed E-state index contributed by atoms with van der Waals surface area (Å²) < 4.78 is 13.3. The van der Waals surface area contributed by atoms with Gasteiger partial charge in [0.2, 0.25) is 5.91 Å². The summed E-state index contributed by atoms with van der Waals surface area (Å²) in [5.41, 5.74) is 1.37. The summed E-state index contributed by atoms with van der Waals surface area (Å²) in [5.74, 6) is -0.0868. The van der Waals surface area contributed by atoms with Gasteiger partial charge in [-0.3, -0.25) is 9.59 Å². The Morgan fingerprint density at radius 1 is 1.24 bits per heavy atom. The summed E-state index contributed by atoms with van der Waals surface area (Å²) in [5, 5.41) is 2.83. The molecule has 0 saturated heterocycles. The van der Waals surface area contributed by atoms with Crippen LogP contribution in [0.25, 0.3) is 0 Å². The number of carbonyl (C=O) groups is 2. The fourth-order valence-electron chi connectivity index (χ4n) is 3.66. The lowest BCUT2D eigenvalue weighted by molar-refractivity contribution is -0.136. The first-order chi connectivity index (χ1) is 10.0. The number of Topliss-reactive ketones (excluding diaryl/α,β-unsaturated/α-hetero) is 1. The van der Waals surface area contributed by atoms with E-state index in [0.717, 1.165) is 24.8 Å². The number of halogens is 1. The highest BCUT2D eigenvalue weighted by molar-refractivity contribution is 5.95. The number of rotatable bonds is 2. The summed E-state index contributed by atoms with van der Waals surface area (Å²) >= 11 is 0. The first-order valence-electron chi connectivity index (χ1n) is 7.65. The molecule has 3 atom stereocenters. The van der Waals surface area contributed by atoms with Crippen LogP contribution in [0.1, 0.15) is 37.7 Å². The Bertz CT molecular complexity index is 568. The normalized spacial score (nSPS) is 28.3. The molecule has 2 bridgehead atoms. The molecule has 4 heteroatoms. The maximum Gasteiger partial charge on any atom is 0.227 e. The molecule has 3 rings (SSSR count). The van der Waals surface area contributed by atoms with Crippen LogP contribution < -0.4 is 5.32 Å². The summed E-state index contributed by atoms with van der Waals surface area (Å²) in [4.78, 5) is 24.5. The Kier molecular flexibility index (Phi) is 3.79. The topological polar surface area (TPSA) is 46.2 Å². The number of nitrogens with one attached hydrogen (secondary N) is 1. The van der Waals surface area contributed by atoms with E-state index in [1.54, 1.807) is 6.07 Å². The monoisotopic (exact) mass is 289 g/mol. The highest BCUT2D eigenvalue weighted by Gasteiger charge is 2.41. The Hall–Kier alpha value is -1.71. The first-order valence-corrected chi connectivity index (χ1v) is 7.65. The molecule has 0 aromatic heterocycles. The molecule has 21 heavy (non-hydrogen) atoms. The van der Waals surface area contributed by atoms with Crippen LogP contribution >= 0.6 is 0 Å². The zero-order chi connectivity index (χ0) is 15.0. The van der Waals surface area contributed by atoms with Crippen molar-refractivity contribution in [3.05, 3.63) is 29.6 Å². The number of anilines is 1. The van der Waals surface area contributed by atoms with Gasteiger partial charge in [0.05, 0.1) is 0 Å². The lowest BCUT2D eigenvalue weighted by atomic mass is 9.67. The standard InChI is InChI=1S/C17H20FNO2/c1-10-5-6-14(18)9-15(10)19-17(21)13-7-11-3-2-4-12(8-13)16(11)20/h5-6,9,11-13H,2-4,7-8H2,1H3,(H,19,21)/t11-,12+,13?. The van der Waals surface area contributed by atoms with E-state index in [9.17, 15) is 14.0 Å². The Labute approximate surface area is 123 Å². The van der Waals surface area contributed by atoms with Gasteiger partial charge in [0.15, 0.2) is 0 Å². The van der Waals surface area contributed by atoms with Crippen LogP contribution in [0, 0.1) is 30.5 Å². The van der Waals surface area contributed by atoms with Crippen molar-refractivity contribution in [2.75, 3.05) is 5.32 Å². The second kappa shape index (κ2) is 5.58. The molecule has 0 radical (unpaired) electrons. The van der Waals surface area contributed by atoms with Gasteiger partial charge in [-0.2, -0.15) is 0 Å². The van der Waals surface area contributed by atoms with Gasteiger partial charge in [-0.1, -0.05) is 12.5 Å². The molecule has 0 heterocycles. The third-order valence-corrected chi connectivity index (χ3v) is 4.88. The average molecular weight is 289 g/mol. The van der Waals surface area contributed by atoms with Crippen molar-refractivity contribution in [3.8, 4) is 0 Å². The lowest BCUT2D eigenvalue weighted by Gasteiger charge is -2.37. The van der Waals surface area contributed by atoms with Crippen molar-refractivity contribution in [2.24, 2.45) is 17.8 Å². The van der Waals surface area contributed by atoms with Gasteiger partial charge >= 0.3 is 0 Å². The van der Waals surface area contributed by atoms with Gasteiger partial charge in [-0.05, 0) is 50.3 Å². The number of carbonyl (C=O) groups excluding carboxylic acids is 2. The predicted molar refractivity (Wildman–Crippen MR) is 78.3 cm³/mol. The number of ketones is 1. The van der Waals surface area contributed by atoms with Crippen molar-refractivity contribution in [2.45, 2.75) is 39.0 Å². The molecular weight excluding hydrogens is 269 g/mol. The van der Waals surface area contributed by atoms with E-state index in [1.807, 2.05) is 6.92 Å². The molecule has 1 aromatic carbocycles. The molecule has 2 aliphatic carbocycles. The molecule has 2 fully saturated rings. The van der Waals surface area contributed by atoms with Crippen molar-refractivity contribution >= 4 is 17.4 Å². The second-order valence-electron chi connectivity index (χ2n) is 6.34. The van der Waals surface area contributed by atoms with Gasteiger partial charge in [-0.25, -0.2) is 4.39 Å². The van der Waals surface area contributed by atoms with E-state index in [1.165, 1.54) is 12.1 Å². The van der Waals surface area contributed by atoms with Crippen LogP contribution in [0.2, 0.25) is 0 Å². The molecule has 0 spiro atoms. The van der Waals surface area contributed by atoms with Gasteiger partial charge in [0, 0.05) is 23.4 Å². The van der Waals surface area contributed by atoms with Crippen molar-refractivity contribution in [1.82, 2.24) is 0 Å². The minimum atomic E-state index is -0.355. The number of hydrogen-bond acceptors (Lipinski definition) is 2. The molecule has 0 aliphatic heterocycles. The molecule has 1 amide bonds. The maximum absolute atomic E-state index is 13.3. The van der Waals surface area contributed by atoms with Crippen LogP contribution in [0.3, 0.4) is 0 Å². The molecule has 1 N–H and O–H groups in total. The number of benzene rings is 1. The van der Waals surface area contributed by atoms with E-state index < -0.39 is 0 Å². The quantitative estimate of drug-likeness (QED) is 0.906. The number of amides is 1. The van der Waals surface area contributed by atoms with Crippen LogP contribution in [-0.2, 0) is 9.59 Å². The Morgan fingerprint density at radius 3 is 2.57 bits per heavy atom. The molecule has 2 aliphatic rings. The molecule has 1 unspecified atom stereocenters. The van der Waals surface area contributed by atoms with Gasteiger partial charge in [0.25, 0.3) is 0 Å². The SMILES string of the molecule is Cc1ccc(F)cc1NC(=O)C1C[C@H]2CCC[C@@H](C1)C2=O. The zero-order valence-electron chi connectivity index (χ0n) is 12.2. The number of aryl methyl sites for hydroxylation is 1. The molecular formula is C17H20FNO2. The van der Waals surface area contributed by atoms with E-state index in [4.69, 9.17) is 0 Å². The zero-order valence-corrected chi connectivity index (χ0v) is 12.2. The highest BCUT2D eigenvalue weighted by Crippen LogP contribution is 2.40.